The fourth-order valence-corrected chi connectivity index (χ4v) is 5.20. The topological polar surface area (TPSA) is 52.1 Å². The maximum Gasteiger partial charge on any atom is 0.322 e. The van der Waals surface area contributed by atoms with Crippen LogP contribution >= 0.6 is 39.5 Å². The van der Waals surface area contributed by atoms with E-state index in [4.69, 9.17) is 9.47 Å². The zero-order valence-corrected chi connectivity index (χ0v) is 19.1. The molecule has 26 heavy (non-hydrogen) atoms. The standard InChI is InChI=1S/C19H26BrNO3S2/c1-18(2,3)24-16(22)19(4,5)26-17-21-15(12-25-17)11-23-10-13-6-8-14(20)9-7-13/h6-9,12,17,21H,10-11H2,1-5H3/p+1. The zero-order valence-electron chi connectivity index (χ0n) is 15.9. The first-order valence-electron chi connectivity index (χ1n) is 8.48. The second-order valence-electron chi connectivity index (χ2n) is 7.61. The smallest absolute Gasteiger partial charge is 0.322 e. The van der Waals surface area contributed by atoms with Gasteiger partial charge in [-0.05, 0) is 52.3 Å². The predicted octanol–water partition coefficient (Wildman–Crippen LogP) is 4.25. The van der Waals surface area contributed by atoms with Crippen LogP contribution in [0.2, 0.25) is 0 Å². The number of carbonyl (C=O) groups is 1. The van der Waals surface area contributed by atoms with Gasteiger partial charge in [0.15, 0.2) is 4.71 Å². The van der Waals surface area contributed by atoms with E-state index in [2.05, 4.69) is 26.7 Å². The van der Waals surface area contributed by atoms with Gasteiger partial charge in [-0.2, -0.15) is 0 Å². The lowest BCUT2D eigenvalue weighted by atomic mass is 10.1. The maximum atomic E-state index is 12.4. The van der Waals surface area contributed by atoms with Gasteiger partial charge in [0, 0.05) is 9.88 Å². The minimum Gasteiger partial charge on any atom is -0.459 e. The molecule has 1 aromatic carbocycles. The van der Waals surface area contributed by atoms with Gasteiger partial charge < -0.3 is 9.47 Å². The maximum absolute atomic E-state index is 12.4. The summed E-state index contributed by atoms with van der Waals surface area (Å²) in [5.41, 5.74) is 1.84. The molecule has 0 radical (unpaired) electrons. The first-order valence-corrected chi connectivity index (χ1v) is 11.1. The number of esters is 1. The Morgan fingerprint density at radius 2 is 1.85 bits per heavy atom. The number of benzene rings is 1. The monoisotopic (exact) mass is 460 g/mol. The highest BCUT2D eigenvalue weighted by Gasteiger charge is 2.38. The molecule has 144 valence electrons. The minimum absolute atomic E-state index is 0.177. The van der Waals surface area contributed by atoms with E-state index in [1.807, 2.05) is 58.9 Å². The van der Waals surface area contributed by atoms with E-state index in [1.54, 1.807) is 23.5 Å². The molecule has 0 saturated heterocycles. The molecule has 0 bridgehead atoms. The Morgan fingerprint density at radius 3 is 2.46 bits per heavy atom. The van der Waals surface area contributed by atoms with Gasteiger partial charge >= 0.3 is 5.97 Å². The number of ether oxygens (including phenoxy) is 2. The number of hydrogen-bond donors (Lipinski definition) is 1. The Labute approximate surface area is 173 Å². The van der Waals surface area contributed by atoms with Gasteiger partial charge in [-0.15, -0.1) is 0 Å². The quantitative estimate of drug-likeness (QED) is 0.616. The van der Waals surface area contributed by atoms with Crippen LogP contribution in [-0.2, 0) is 20.9 Å². The summed E-state index contributed by atoms with van der Waals surface area (Å²) in [6, 6.07) is 8.13. The average molecular weight is 461 g/mol. The fourth-order valence-electron chi connectivity index (χ4n) is 2.16. The third-order valence-corrected chi connectivity index (χ3v) is 6.57. The highest BCUT2D eigenvalue weighted by molar-refractivity contribution is 9.10. The lowest BCUT2D eigenvalue weighted by Crippen LogP contribution is -2.85. The summed E-state index contributed by atoms with van der Waals surface area (Å²) >= 11 is 6.76. The molecule has 0 fully saturated rings. The molecule has 1 aliphatic rings. The first-order chi connectivity index (χ1) is 12.0. The van der Waals surface area contributed by atoms with E-state index in [-0.39, 0.29) is 10.7 Å². The highest BCUT2D eigenvalue weighted by Crippen LogP contribution is 2.35. The van der Waals surface area contributed by atoms with Crippen molar-refractivity contribution in [3.8, 4) is 0 Å². The van der Waals surface area contributed by atoms with E-state index in [0.717, 1.165) is 15.7 Å². The third-order valence-electron chi connectivity index (χ3n) is 3.46. The van der Waals surface area contributed by atoms with E-state index >= 15 is 0 Å². The minimum atomic E-state index is -0.594. The molecule has 1 unspecified atom stereocenters. The lowest BCUT2D eigenvalue weighted by Gasteiger charge is -2.28. The highest BCUT2D eigenvalue weighted by atomic mass is 79.9. The Kier molecular flexibility index (Phi) is 7.68. The van der Waals surface area contributed by atoms with Gasteiger partial charge in [0.2, 0.25) is 0 Å². The predicted molar refractivity (Wildman–Crippen MR) is 113 cm³/mol. The zero-order chi connectivity index (χ0) is 19.4. The number of quaternary nitrogens is 1. The number of rotatable bonds is 7. The molecule has 2 rings (SSSR count). The second-order valence-corrected chi connectivity index (χ2v) is 11.6. The van der Waals surface area contributed by atoms with Crippen LogP contribution in [0, 0.1) is 0 Å². The SMILES string of the molecule is CC(C)(C)OC(=O)C(C)(C)SC1[NH2+]C(COCc2ccc(Br)cc2)=CS1. The summed E-state index contributed by atoms with van der Waals surface area (Å²) in [6.45, 7) is 10.7. The van der Waals surface area contributed by atoms with Crippen molar-refractivity contribution in [3.05, 3.63) is 45.4 Å². The molecule has 1 atom stereocenters. The molecule has 0 saturated carbocycles. The van der Waals surface area contributed by atoms with E-state index < -0.39 is 10.3 Å². The Morgan fingerprint density at radius 1 is 1.19 bits per heavy atom. The molecule has 4 nitrogen and oxygen atoms in total. The van der Waals surface area contributed by atoms with Crippen LogP contribution in [0.3, 0.4) is 0 Å². The fraction of sp³-hybridized carbons (Fsp3) is 0.526. The van der Waals surface area contributed by atoms with Crippen molar-refractivity contribution >= 4 is 45.4 Å². The van der Waals surface area contributed by atoms with Crippen molar-refractivity contribution in [1.82, 2.24) is 0 Å². The molecule has 1 aliphatic heterocycles. The van der Waals surface area contributed by atoms with Crippen LogP contribution in [0.25, 0.3) is 0 Å². The van der Waals surface area contributed by atoms with Gasteiger partial charge in [0.1, 0.15) is 22.7 Å². The summed E-state index contributed by atoms with van der Waals surface area (Å²) in [5, 5.41) is 4.29. The Hall–Kier alpha value is -0.470. The molecule has 2 N–H and O–H groups in total. The normalized spacial score (nSPS) is 17.9. The van der Waals surface area contributed by atoms with Crippen molar-refractivity contribution in [2.75, 3.05) is 6.61 Å². The summed E-state index contributed by atoms with van der Waals surface area (Å²) in [7, 11) is 0. The number of hydrogen-bond acceptors (Lipinski definition) is 5. The molecule has 7 heteroatoms. The summed E-state index contributed by atoms with van der Waals surface area (Å²) in [6.07, 6.45) is 0. The molecule has 0 spiro atoms. The van der Waals surface area contributed by atoms with Gasteiger partial charge in [0.25, 0.3) is 0 Å². The summed E-state index contributed by atoms with van der Waals surface area (Å²) < 4.78 is 12.0. The van der Waals surface area contributed by atoms with Gasteiger partial charge in [-0.1, -0.05) is 51.6 Å². The van der Waals surface area contributed by atoms with E-state index in [9.17, 15) is 4.79 Å². The van der Waals surface area contributed by atoms with Crippen LogP contribution in [0.4, 0.5) is 0 Å². The van der Waals surface area contributed by atoms with Gasteiger partial charge in [-0.3, -0.25) is 10.1 Å². The molecule has 0 aromatic heterocycles. The summed E-state index contributed by atoms with van der Waals surface area (Å²) in [5.74, 6) is -0.177. The molecular formula is C19H27BrNO3S2+. The van der Waals surface area contributed by atoms with Crippen LogP contribution in [-0.4, -0.2) is 27.6 Å². The van der Waals surface area contributed by atoms with Gasteiger partial charge in [-0.25, -0.2) is 0 Å². The van der Waals surface area contributed by atoms with Crippen LogP contribution in [0.1, 0.15) is 40.2 Å². The average Bonchev–Trinajstić information content (AvgIpc) is 2.94. The van der Waals surface area contributed by atoms with Crippen molar-refractivity contribution in [3.63, 3.8) is 0 Å². The van der Waals surface area contributed by atoms with Crippen LogP contribution < -0.4 is 5.32 Å². The largest absolute Gasteiger partial charge is 0.459 e. The second kappa shape index (κ2) is 9.15. The first kappa shape index (κ1) is 21.8. The van der Waals surface area contributed by atoms with Crippen molar-refractivity contribution in [1.29, 1.82) is 0 Å². The van der Waals surface area contributed by atoms with Gasteiger partial charge in [0.05, 0.1) is 6.61 Å². The van der Waals surface area contributed by atoms with Crippen LogP contribution in [0.5, 0.6) is 0 Å². The number of halogens is 1. The van der Waals surface area contributed by atoms with E-state index in [0.29, 0.717) is 13.2 Å². The Bertz CT molecular complexity index is 654. The number of carbonyl (C=O) groups excluding carboxylic acids is 1. The number of nitrogens with two attached hydrogens (primary N) is 1. The lowest BCUT2D eigenvalue weighted by molar-refractivity contribution is -0.599. The molecular weight excluding hydrogens is 434 g/mol. The van der Waals surface area contributed by atoms with Crippen LogP contribution in [0.15, 0.2) is 39.8 Å². The molecule has 1 aromatic rings. The molecule has 1 heterocycles. The number of thioether (sulfide) groups is 2. The van der Waals surface area contributed by atoms with E-state index in [1.165, 1.54) is 0 Å². The van der Waals surface area contributed by atoms with Crippen molar-refractivity contribution in [2.24, 2.45) is 0 Å². The Balaban J connectivity index is 1.75. The summed E-state index contributed by atoms with van der Waals surface area (Å²) in [4.78, 5) is 12.4. The third kappa shape index (κ3) is 7.27. The molecule has 0 amide bonds. The van der Waals surface area contributed by atoms with Crippen molar-refractivity contribution < 1.29 is 19.6 Å². The van der Waals surface area contributed by atoms with Crippen molar-refractivity contribution in [2.45, 2.75) is 56.3 Å². The molecule has 0 aliphatic carbocycles.